The third-order valence-corrected chi connectivity index (χ3v) is 5.33. The van der Waals surface area contributed by atoms with Crippen molar-refractivity contribution in [1.82, 2.24) is 9.71 Å². The number of nitrogens with zero attached hydrogens (tertiary/aromatic N) is 1. The minimum atomic E-state index is -3.40. The molecule has 6 heteroatoms. The summed E-state index contributed by atoms with van der Waals surface area (Å²) in [6, 6.07) is 3.29. The Morgan fingerprint density at radius 1 is 1.35 bits per heavy atom. The van der Waals surface area contributed by atoms with Gasteiger partial charge in [-0.25, -0.2) is 18.1 Å². The number of anilines is 1. The molecule has 1 saturated carbocycles. The average Bonchev–Trinajstić information content (AvgIpc) is 2.46. The molecule has 20 heavy (non-hydrogen) atoms. The Bertz CT molecular complexity index is 528. The van der Waals surface area contributed by atoms with Crippen molar-refractivity contribution in [2.45, 2.75) is 37.5 Å². The molecule has 0 aliphatic heterocycles. The maximum absolute atomic E-state index is 11.6. The largest absolute Gasteiger partial charge is 0.370 e. The van der Waals surface area contributed by atoms with E-state index >= 15 is 0 Å². The summed E-state index contributed by atoms with van der Waals surface area (Å²) >= 11 is 0. The van der Waals surface area contributed by atoms with Crippen LogP contribution in [0.4, 0.5) is 5.82 Å². The molecule has 1 aromatic heterocycles. The van der Waals surface area contributed by atoms with Gasteiger partial charge in [-0.2, -0.15) is 0 Å². The molecule has 1 aromatic rings. The van der Waals surface area contributed by atoms with E-state index in [9.17, 15) is 8.42 Å². The molecule has 1 aliphatic carbocycles. The Morgan fingerprint density at radius 2 is 2.15 bits per heavy atom. The van der Waals surface area contributed by atoms with Crippen molar-refractivity contribution < 1.29 is 8.42 Å². The van der Waals surface area contributed by atoms with Gasteiger partial charge in [-0.3, -0.25) is 0 Å². The molecule has 0 saturated heterocycles. The van der Waals surface area contributed by atoms with Crippen molar-refractivity contribution in [3.05, 3.63) is 18.3 Å². The van der Waals surface area contributed by atoms with Crippen LogP contribution in [-0.2, 0) is 10.0 Å². The van der Waals surface area contributed by atoms with Crippen LogP contribution in [0.1, 0.15) is 32.6 Å². The van der Waals surface area contributed by atoms with Crippen LogP contribution >= 0.6 is 0 Å². The minimum absolute atomic E-state index is 0.192. The molecule has 0 amide bonds. The highest BCUT2D eigenvalue weighted by atomic mass is 32.2. The van der Waals surface area contributed by atoms with Crippen molar-refractivity contribution >= 4 is 15.8 Å². The van der Waals surface area contributed by atoms with Crippen LogP contribution in [0, 0.1) is 11.8 Å². The zero-order chi connectivity index (χ0) is 14.6. The van der Waals surface area contributed by atoms with Crippen molar-refractivity contribution in [2.75, 3.05) is 18.9 Å². The van der Waals surface area contributed by atoms with Gasteiger partial charge in [0.15, 0.2) is 0 Å². The summed E-state index contributed by atoms with van der Waals surface area (Å²) in [5, 5.41) is 3.31. The van der Waals surface area contributed by atoms with E-state index in [0.717, 1.165) is 18.3 Å². The summed E-state index contributed by atoms with van der Waals surface area (Å²) in [5.41, 5.74) is 0. The second-order valence-corrected chi connectivity index (χ2v) is 7.49. The highest BCUT2D eigenvalue weighted by molar-refractivity contribution is 7.89. The van der Waals surface area contributed by atoms with Gasteiger partial charge in [0.1, 0.15) is 10.7 Å². The fourth-order valence-electron chi connectivity index (χ4n) is 2.76. The van der Waals surface area contributed by atoms with Crippen LogP contribution in [0.2, 0.25) is 0 Å². The molecule has 1 aliphatic rings. The summed E-state index contributed by atoms with van der Waals surface area (Å²) < 4.78 is 25.4. The molecule has 2 N–H and O–H groups in total. The van der Waals surface area contributed by atoms with Gasteiger partial charge in [0, 0.05) is 12.7 Å². The molecule has 2 atom stereocenters. The summed E-state index contributed by atoms with van der Waals surface area (Å²) in [5.74, 6) is 2.24. The van der Waals surface area contributed by atoms with E-state index in [0.29, 0.717) is 5.92 Å². The Kier molecular flexibility index (Phi) is 4.99. The number of rotatable bonds is 5. The first-order chi connectivity index (χ1) is 9.51. The first-order valence-electron chi connectivity index (χ1n) is 7.14. The zero-order valence-electron chi connectivity index (χ0n) is 12.1. The van der Waals surface area contributed by atoms with E-state index in [4.69, 9.17) is 0 Å². The van der Waals surface area contributed by atoms with E-state index in [1.807, 2.05) is 0 Å². The average molecular weight is 297 g/mol. The predicted molar refractivity (Wildman–Crippen MR) is 80.1 cm³/mol. The van der Waals surface area contributed by atoms with Gasteiger partial charge < -0.3 is 5.32 Å². The van der Waals surface area contributed by atoms with Crippen LogP contribution in [0.25, 0.3) is 0 Å². The summed E-state index contributed by atoms with van der Waals surface area (Å²) in [6.45, 7) is 3.22. The lowest BCUT2D eigenvalue weighted by Crippen LogP contribution is -2.21. The first kappa shape index (κ1) is 15.3. The van der Waals surface area contributed by atoms with Gasteiger partial charge in [0.2, 0.25) is 10.0 Å². The highest BCUT2D eigenvalue weighted by Gasteiger charge is 2.18. The van der Waals surface area contributed by atoms with Gasteiger partial charge in [-0.1, -0.05) is 19.8 Å². The number of nitrogens with one attached hydrogen (secondary N) is 2. The van der Waals surface area contributed by atoms with E-state index in [-0.39, 0.29) is 4.90 Å². The lowest BCUT2D eigenvalue weighted by Gasteiger charge is -2.26. The van der Waals surface area contributed by atoms with Crippen LogP contribution in [0.15, 0.2) is 23.2 Å². The van der Waals surface area contributed by atoms with Crippen LogP contribution in [0.5, 0.6) is 0 Å². The van der Waals surface area contributed by atoms with Crippen molar-refractivity contribution in [3.63, 3.8) is 0 Å². The third-order valence-electron chi connectivity index (χ3n) is 3.93. The molecule has 2 unspecified atom stereocenters. The van der Waals surface area contributed by atoms with Crippen LogP contribution in [0.3, 0.4) is 0 Å². The predicted octanol–water partition coefficient (Wildman–Crippen LogP) is 2.23. The minimum Gasteiger partial charge on any atom is -0.370 e. The quantitative estimate of drug-likeness (QED) is 0.874. The molecular formula is C14H23N3O2S. The van der Waals surface area contributed by atoms with Gasteiger partial charge in [-0.15, -0.1) is 0 Å². The van der Waals surface area contributed by atoms with Crippen LogP contribution in [-0.4, -0.2) is 27.0 Å². The van der Waals surface area contributed by atoms with Gasteiger partial charge in [0.25, 0.3) is 0 Å². The van der Waals surface area contributed by atoms with E-state index in [1.54, 1.807) is 12.1 Å². The molecular weight excluding hydrogens is 274 g/mol. The number of hydrogen-bond acceptors (Lipinski definition) is 4. The van der Waals surface area contributed by atoms with Crippen molar-refractivity contribution in [2.24, 2.45) is 11.8 Å². The molecule has 0 aromatic carbocycles. The van der Waals surface area contributed by atoms with E-state index in [1.165, 1.54) is 38.9 Å². The van der Waals surface area contributed by atoms with E-state index in [2.05, 4.69) is 21.9 Å². The molecule has 0 spiro atoms. The summed E-state index contributed by atoms with van der Waals surface area (Å²) in [4.78, 5) is 4.36. The van der Waals surface area contributed by atoms with Crippen LogP contribution < -0.4 is 10.0 Å². The second-order valence-electron chi connectivity index (χ2n) is 5.61. The zero-order valence-corrected chi connectivity index (χ0v) is 12.9. The van der Waals surface area contributed by atoms with Gasteiger partial charge in [0.05, 0.1) is 0 Å². The SMILES string of the molecule is CNS(=O)(=O)c1ccc(NCC2CCCC(C)C2)nc1. The maximum atomic E-state index is 11.6. The Balaban J connectivity index is 1.91. The lowest BCUT2D eigenvalue weighted by atomic mass is 9.82. The lowest BCUT2D eigenvalue weighted by molar-refractivity contribution is 0.293. The highest BCUT2D eigenvalue weighted by Crippen LogP contribution is 2.28. The molecule has 2 rings (SSSR count). The number of hydrogen-bond donors (Lipinski definition) is 2. The molecule has 5 nitrogen and oxygen atoms in total. The molecule has 112 valence electrons. The third kappa shape index (κ3) is 3.93. The topological polar surface area (TPSA) is 71.1 Å². The number of pyridine rings is 1. The van der Waals surface area contributed by atoms with Crippen molar-refractivity contribution in [1.29, 1.82) is 0 Å². The van der Waals surface area contributed by atoms with Gasteiger partial charge >= 0.3 is 0 Å². The Hall–Kier alpha value is -1.14. The Labute approximate surface area is 121 Å². The number of sulfonamides is 1. The van der Waals surface area contributed by atoms with E-state index < -0.39 is 10.0 Å². The maximum Gasteiger partial charge on any atom is 0.241 e. The summed E-state index contributed by atoms with van der Waals surface area (Å²) in [7, 11) is -2.00. The normalized spacial score (nSPS) is 23.5. The van der Waals surface area contributed by atoms with Crippen molar-refractivity contribution in [3.8, 4) is 0 Å². The van der Waals surface area contributed by atoms with Gasteiger partial charge in [-0.05, 0) is 43.9 Å². The molecule has 1 fully saturated rings. The monoisotopic (exact) mass is 297 g/mol. The summed E-state index contributed by atoms with van der Waals surface area (Å²) in [6.07, 6.45) is 6.56. The smallest absolute Gasteiger partial charge is 0.241 e. The Morgan fingerprint density at radius 3 is 2.75 bits per heavy atom. The first-order valence-corrected chi connectivity index (χ1v) is 8.63. The molecule has 1 heterocycles. The fourth-order valence-corrected chi connectivity index (χ4v) is 3.43. The molecule has 0 bridgehead atoms. The second kappa shape index (κ2) is 6.54. The number of aromatic nitrogens is 1. The fraction of sp³-hybridized carbons (Fsp3) is 0.643. The molecule has 0 radical (unpaired) electrons. The standard InChI is InChI=1S/C14H23N3O2S/c1-11-4-3-5-12(8-11)9-16-14-7-6-13(10-17-14)20(18,19)15-2/h6-7,10-12,15H,3-5,8-9H2,1-2H3,(H,16,17).